The first-order chi connectivity index (χ1) is 14.1. The molecule has 0 radical (unpaired) electrons. The zero-order valence-electron chi connectivity index (χ0n) is 16.7. The highest BCUT2D eigenvalue weighted by molar-refractivity contribution is 5.90. The molecule has 148 valence electrons. The van der Waals surface area contributed by atoms with Crippen LogP contribution < -0.4 is 11.1 Å². The fourth-order valence-electron chi connectivity index (χ4n) is 3.84. The molecule has 0 bridgehead atoms. The van der Waals surface area contributed by atoms with Gasteiger partial charge in [-0.25, -0.2) is 9.97 Å². The Morgan fingerprint density at radius 2 is 1.93 bits per heavy atom. The third-order valence-electron chi connectivity index (χ3n) is 5.36. The third kappa shape index (κ3) is 4.29. The number of aryl methyl sites for hydroxylation is 4. The highest BCUT2D eigenvalue weighted by Gasteiger charge is 2.22. The van der Waals surface area contributed by atoms with Crippen molar-refractivity contribution in [1.29, 1.82) is 0 Å². The molecule has 4 rings (SSSR count). The van der Waals surface area contributed by atoms with Crippen molar-refractivity contribution in [2.45, 2.75) is 45.4 Å². The third-order valence-corrected chi connectivity index (χ3v) is 5.36. The normalized spacial score (nSPS) is 12.2. The van der Waals surface area contributed by atoms with E-state index in [0.29, 0.717) is 18.7 Å². The summed E-state index contributed by atoms with van der Waals surface area (Å²) in [4.78, 5) is 22.1. The van der Waals surface area contributed by atoms with E-state index >= 15 is 0 Å². The molecule has 1 aliphatic rings. The lowest BCUT2D eigenvalue weighted by molar-refractivity contribution is -0.116. The number of nitrogens with two attached hydrogens (primary N) is 1. The number of fused-ring (bicyclic) bond motifs is 3. The smallest absolute Gasteiger partial charge is 0.225 e. The van der Waals surface area contributed by atoms with Crippen LogP contribution in [0.25, 0.3) is 11.3 Å². The number of carbonyl (C=O) groups excluding carboxylic acids is 1. The van der Waals surface area contributed by atoms with Crippen LogP contribution in [-0.2, 0) is 30.5 Å². The SMILES string of the molecule is CCc1nc2c(nc1NC(=O)CCCc1ccccc1)CCc1cc(N)ccc1-2. The van der Waals surface area contributed by atoms with Gasteiger partial charge in [0.2, 0.25) is 5.91 Å². The van der Waals surface area contributed by atoms with Gasteiger partial charge in [0.1, 0.15) is 0 Å². The highest BCUT2D eigenvalue weighted by Crippen LogP contribution is 2.33. The summed E-state index contributed by atoms with van der Waals surface area (Å²) in [5.74, 6) is 0.601. The van der Waals surface area contributed by atoms with Gasteiger partial charge in [0.05, 0.1) is 17.1 Å². The molecule has 2 aromatic carbocycles. The molecule has 1 amide bonds. The van der Waals surface area contributed by atoms with Crippen LogP contribution in [0.4, 0.5) is 11.5 Å². The zero-order valence-corrected chi connectivity index (χ0v) is 16.7. The standard InChI is InChI=1S/C24H26N4O/c1-2-20-24(28-22(29)10-6-9-16-7-4-3-5-8-16)27-21-14-11-17-15-18(25)12-13-19(17)23(21)26-20/h3-5,7-8,12-13,15H,2,6,9-11,14,25H2,1H3,(H,27,28,29). The lowest BCUT2D eigenvalue weighted by Crippen LogP contribution is -2.18. The monoisotopic (exact) mass is 386 g/mol. The number of aromatic nitrogens is 2. The summed E-state index contributed by atoms with van der Waals surface area (Å²) < 4.78 is 0. The van der Waals surface area contributed by atoms with E-state index in [1.165, 1.54) is 11.1 Å². The van der Waals surface area contributed by atoms with Gasteiger partial charge in [-0.3, -0.25) is 4.79 Å². The molecule has 0 fully saturated rings. The van der Waals surface area contributed by atoms with E-state index in [-0.39, 0.29) is 5.91 Å². The van der Waals surface area contributed by atoms with E-state index < -0.39 is 0 Å². The van der Waals surface area contributed by atoms with Crippen molar-refractivity contribution in [2.24, 2.45) is 0 Å². The maximum atomic E-state index is 12.5. The maximum Gasteiger partial charge on any atom is 0.225 e. The van der Waals surface area contributed by atoms with Gasteiger partial charge in [-0.15, -0.1) is 0 Å². The van der Waals surface area contributed by atoms with Gasteiger partial charge in [0.25, 0.3) is 0 Å². The fourth-order valence-corrected chi connectivity index (χ4v) is 3.84. The number of amides is 1. The van der Waals surface area contributed by atoms with Crippen LogP contribution in [0.15, 0.2) is 48.5 Å². The summed E-state index contributed by atoms with van der Waals surface area (Å²) in [6, 6.07) is 16.2. The van der Waals surface area contributed by atoms with Crippen molar-refractivity contribution < 1.29 is 4.79 Å². The average Bonchev–Trinajstić information content (AvgIpc) is 2.73. The quantitative estimate of drug-likeness (QED) is 0.617. The van der Waals surface area contributed by atoms with Gasteiger partial charge in [-0.1, -0.05) is 43.3 Å². The van der Waals surface area contributed by atoms with Gasteiger partial charge in [-0.2, -0.15) is 0 Å². The predicted octanol–water partition coefficient (Wildman–Crippen LogP) is 4.35. The van der Waals surface area contributed by atoms with Crippen LogP contribution in [0.3, 0.4) is 0 Å². The minimum atomic E-state index is -0.00568. The van der Waals surface area contributed by atoms with Gasteiger partial charge in [0, 0.05) is 17.7 Å². The number of rotatable bonds is 6. The Morgan fingerprint density at radius 1 is 1.10 bits per heavy atom. The van der Waals surface area contributed by atoms with E-state index in [1.54, 1.807) is 0 Å². The largest absolute Gasteiger partial charge is 0.399 e. The summed E-state index contributed by atoms with van der Waals surface area (Å²) in [7, 11) is 0. The molecule has 0 spiro atoms. The van der Waals surface area contributed by atoms with Gasteiger partial charge in [-0.05, 0) is 55.4 Å². The summed E-state index contributed by atoms with van der Waals surface area (Å²) in [5, 5.41) is 3.00. The minimum absolute atomic E-state index is 0.00568. The lowest BCUT2D eigenvalue weighted by atomic mass is 9.91. The zero-order chi connectivity index (χ0) is 20.2. The van der Waals surface area contributed by atoms with Crippen LogP contribution in [0.5, 0.6) is 0 Å². The molecule has 3 N–H and O–H groups in total. The summed E-state index contributed by atoms with van der Waals surface area (Å²) >= 11 is 0. The van der Waals surface area contributed by atoms with Crippen molar-refractivity contribution in [3.05, 3.63) is 71.0 Å². The van der Waals surface area contributed by atoms with Crippen molar-refractivity contribution in [2.75, 3.05) is 11.1 Å². The molecule has 0 saturated heterocycles. The fraction of sp³-hybridized carbons (Fsp3) is 0.292. The molecular weight excluding hydrogens is 360 g/mol. The molecule has 5 heteroatoms. The molecule has 0 atom stereocenters. The second-order valence-electron chi connectivity index (χ2n) is 7.47. The van der Waals surface area contributed by atoms with E-state index in [4.69, 9.17) is 15.7 Å². The van der Waals surface area contributed by atoms with Gasteiger partial charge >= 0.3 is 0 Å². The van der Waals surface area contributed by atoms with Crippen molar-refractivity contribution >= 4 is 17.4 Å². The van der Waals surface area contributed by atoms with Crippen molar-refractivity contribution in [1.82, 2.24) is 9.97 Å². The predicted molar refractivity (Wildman–Crippen MR) is 117 cm³/mol. The van der Waals surface area contributed by atoms with Crippen molar-refractivity contribution in [3.8, 4) is 11.3 Å². The highest BCUT2D eigenvalue weighted by atomic mass is 16.1. The van der Waals surface area contributed by atoms with Crippen LogP contribution in [0.1, 0.15) is 42.3 Å². The number of nitrogens with zero attached hydrogens (tertiary/aromatic N) is 2. The second-order valence-corrected chi connectivity index (χ2v) is 7.47. The molecule has 1 heterocycles. The van der Waals surface area contributed by atoms with Crippen LogP contribution in [-0.4, -0.2) is 15.9 Å². The summed E-state index contributed by atoms with van der Waals surface area (Å²) in [6.45, 7) is 2.04. The van der Waals surface area contributed by atoms with E-state index in [2.05, 4.69) is 17.4 Å². The Hall–Kier alpha value is -3.21. The first kappa shape index (κ1) is 19.1. The number of hydrogen-bond acceptors (Lipinski definition) is 4. The first-order valence-corrected chi connectivity index (χ1v) is 10.3. The molecule has 0 unspecified atom stereocenters. The first-order valence-electron chi connectivity index (χ1n) is 10.3. The van der Waals surface area contributed by atoms with E-state index in [0.717, 1.165) is 54.0 Å². The number of hydrogen-bond donors (Lipinski definition) is 2. The van der Waals surface area contributed by atoms with Gasteiger partial charge in [0.15, 0.2) is 5.82 Å². The Morgan fingerprint density at radius 3 is 2.72 bits per heavy atom. The number of nitrogen functional groups attached to an aromatic ring is 1. The minimum Gasteiger partial charge on any atom is -0.399 e. The molecule has 1 aromatic heterocycles. The Balaban J connectivity index is 1.48. The Labute approximate surface area is 171 Å². The Bertz CT molecular complexity index is 1030. The molecule has 29 heavy (non-hydrogen) atoms. The summed E-state index contributed by atoms with van der Waals surface area (Å²) in [6.07, 6.45) is 4.58. The number of benzene rings is 2. The molecule has 1 aliphatic carbocycles. The second kappa shape index (κ2) is 8.43. The molecule has 0 saturated carbocycles. The Kier molecular flexibility index (Phi) is 5.56. The number of anilines is 2. The number of carbonyl (C=O) groups is 1. The molecule has 5 nitrogen and oxygen atoms in total. The maximum absolute atomic E-state index is 12.5. The van der Waals surface area contributed by atoms with Gasteiger partial charge < -0.3 is 11.1 Å². The molecular formula is C24H26N4O. The topological polar surface area (TPSA) is 80.9 Å². The summed E-state index contributed by atoms with van der Waals surface area (Å²) in [5.41, 5.74) is 13.0. The average molecular weight is 386 g/mol. The lowest BCUT2D eigenvalue weighted by Gasteiger charge is -2.21. The van der Waals surface area contributed by atoms with Crippen LogP contribution in [0.2, 0.25) is 0 Å². The number of nitrogens with one attached hydrogen (secondary N) is 1. The van der Waals surface area contributed by atoms with E-state index in [9.17, 15) is 4.79 Å². The van der Waals surface area contributed by atoms with Crippen LogP contribution >= 0.6 is 0 Å². The van der Waals surface area contributed by atoms with E-state index in [1.807, 2.05) is 43.3 Å². The van der Waals surface area contributed by atoms with Crippen LogP contribution in [0, 0.1) is 0 Å². The molecule has 3 aromatic rings. The molecule has 0 aliphatic heterocycles. The van der Waals surface area contributed by atoms with Crippen molar-refractivity contribution in [3.63, 3.8) is 0 Å².